The number of nitrogens with two attached hydrogens (primary N) is 1. The highest BCUT2D eigenvalue weighted by Crippen LogP contribution is 2.23. The van der Waals surface area contributed by atoms with Gasteiger partial charge in [-0.3, -0.25) is 9.67 Å². The standard InChI is InChI=1S/C15H13BrN4/c16-13-3-1-2-11(8-13)9-20-10-14(17)15(19-20)12-4-6-18-7-5-12/h1-8,10H,9,17H2. The molecule has 100 valence electrons. The number of aromatic nitrogens is 3. The van der Waals surface area contributed by atoms with Gasteiger partial charge >= 0.3 is 0 Å². The van der Waals surface area contributed by atoms with Crippen LogP contribution in [0.1, 0.15) is 5.56 Å². The van der Waals surface area contributed by atoms with Gasteiger partial charge in [-0.2, -0.15) is 5.10 Å². The molecule has 2 aromatic heterocycles. The van der Waals surface area contributed by atoms with Crippen LogP contribution in [0.5, 0.6) is 0 Å². The lowest BCUT2D eigenvalue weighted by molar-refractivity contribution is 0.689. The van der Waals surface area contributed by atoms with Crippen molar-refractivity contribution in [3.8, 4) is 11.3 Å². The Labute approximate surface area is 125 Å². The highest BCUT2D eigenvalue weighted by atomic mass is 79.9. The Balaban J connectivity index is 1.90. The minimum absolute atomic E-state index is 0.672. The van der Waals surface area contributed by atoms with Crippen molar-refractivity contribution in [2.45, 2.75) is 6.54 Å². The van der Waals surface area contributed by atoms with Gasteiger partial charge in [0.05, 0.1) is 12.2 Å². The highest BCUT2D eigenvalue weighted by Gasteiger charge is 2.08. The fourth-order valence-electron chi connectivity index (χ4n) is 2.07. The SMILES string of the molecule is Nc1cn(Cc2cccc(Br)c2)nc1-c1ccncc1. The zero-order valence-electron chi connectivity index (χ0n) is 10.7. The summed E-state index contributed by atoms with van der Waals surface area (Å²) in [6.45, 7) is 0.689. The summed E-state index contributed by atoms with van der Waals surface area (Å²) in [5.74, 6) is 0. The molecular formula is C15H13BrN4. The molecule has 0 radical (unpaired) electrons. The number of rotatable bonds is 3. The Bertz CT molecular complexity index is 722. The van der Waals surface area contributed by atoms with Gasteiger partial charge in [0.2, 0.25) is 0 Å². The van der Waals surface area contributed by atoms with Crippen molar-refractivity contribution < 1.29 is 0 Å². The maximum atomic E-state index is 6.04. The first-order valence-electron chi connectivity index (χ1n) is 6.20. The van der Waals surface area contributed by atoms with E-state index >= 15 is 0 Å². The summed E-state index contributed by atoms with van der Waals surface area (Å²) in [6, 6.07) is 12.0. The zero-order valence-corrected chi connectivity index (χ0v) is 12.3. The van der Waals surface area contributed by atoms with Gasteiger partial charge in [0.25, 0.3) is 0 Å². The summed E-state index contributed by atoms with van der Waals surface area (Å²) in [6.07, 6.45) is 5.33. The largest absolute Gasteiger partial charge is 0.396 e. The third kappa shape index (κ3) is 2.72. The molecule has 0 aliphatic heterocycles. The summed E-state index contributed by atoms with van der Waals surface area (Å²) in [5.41, 5.74) is 9.66. The average Bonchev–Trinajstić information content (AvgIpc) is 2.80. The molecule has 0 atom stereocenters. The normalized spacial score (nSPS) is 10.7. The van der Waals surface area contributed by atoms with E-state index < -0.39 is 0 Å². The minimum Gasteiger partial charge on any atom is -0.396 e. The smallest absolute Gasteiger partial charge is 0.115 e. The van der Waals surface area contributed by atoms with E-state index in [2.05, 4.69) is 38.1 Å². The van der Waals surface area contributed by atoms with Crippen molar-refractivity contribution >= 4 is 21.6 Å². The zero-order chi connectivity index (χ0) is 13.9. The Hall–Kier alpha value is -2.14. The summed E-state index contributed by atoms with van der Waals surface area (Å²) in [7, 11) is 0. The van der Waals surface area contributed by atoms with Gasteiger partial charge < -0.3 is 5.73 Å². The molecule has 4 nitrogen and oxygen atoms in total. The van der Waals surface area contributed by atoms with E-state index in [-0.39, 0.29) is 0 Å². The molecule has 0 spiro atoms. The first kappa shape index (κ1) is 12.9. The summed E-state index contributed by atoms with van der Waals surface area (Å²) in [4.78, 5) is 4.00. The van der Waals surface area contributed by atoms with Crippen LogP contribution in [0, 0.1) is 0 Å². The predicted molar refractivity (Wildman–Crippen MR) is 83.1 cm³/mol. The van der Waals surface area contributed by atoms with Crippen LogP contribution in [-0.4, -0.2) is 14.8 Å². The average molecular weight is 329 g/mol. The molecule has 0 saturated heterocycles. The van der Waals surface area contributed by atoms with Gasteiger partial charge in [0.1, 0.15) is 5.69 Å². The molecule has 5 heteroatoms. The molecule has 1 aromatic carbocycles. The molecule has 20 heavy (non-hydrogen) atoms. The van der Waals surface area contributed by atoms with Crippen LogP contribution in [-0.2, 0) is 6.54 Å². The molecule has 2 N–H and O–H groups in total. The topological polar surface area (TPSA) is 56.7 Å². The summed E-state index contributed by atoms with van der Waals surface area (Å²) >= 11 is 3.47. The predicted octanol–water partition coefficient (Wildman–Crippen LogP) is 3.34. The van der Waals surface area contributed by atoms with E-state index in [4.69, 9.17) is 5.73 Å². The Morgan fingerprint density at radius 1 is 1.15 bits per heavy atom. The summed E-state index contributed by atoms with van der Waals surface area (Å²) < 4.78 is 2.91. The quantitative estimate of drug-likeness (QED) is 0.802. The maximum absolute atomic E-state index is 6.04. The van der Waals surface area contributed by atoms with E-state index in [0.717, 1.165) is 15.7 Å². The van der Waals surface area contributed by atoms with Crippen LogP contribution in [0.3, 0.4) is 0 Å². The molecular weight excluding hydrogens is 316 g/mol. The number of hydrogen-bond donors (Lipinski definition) is 1. The summed E-state index contributed by atoms with van der Waals surface area (Å²) in [5, 5.41) is 4.55. The Kier molecular flexibility index (Phi) is 3.52. The molecule has 3 aromatic rings. The number of halogens is 1. The minimum atomic E-state index is 0.672. The lowest BCUT2D eigenvalue weighted by atomic mass is 10.2. The Morgan fingerprint density at radius 3 is 2.70 bits per heavy atom. The number of nitrogens with zero attached hydrogens (tertiary/aromatic N) is 3. The van der Waals surface area contributed by atoms with Crippen molar-refractivity contribution in [2.24, 2.45) is 0 Å². The number of hydrogen-bond acceptors (Lipinski definition) is 3. The molecule has 2 heterocycles. The molecule has 0 amide bonds. The second-order valence-electron chi connectivity index (χ2n) is 4.50. The van der Waals surface area contributed by atoms with Gasteiger partial charge in [-0.25, -0.2) is 0 Å². The first-order chi connectivity index (χ1) is 9.72. The third-order valence-corrected chi connectivity index (χ3v) is 3.47. The fraction of sp³-hybridized carbons (Fsp3) is 0.0667. The van der Waals surface area contributed by atoms with Gasteiger partial charge in [0, 0.05) is 28.6 Å². The maximum Gasteiger partial charge on any atom is 0.115 e. The van der Waals surface area contributed by atoms with Crippen LogP contribution in [0.2, 0.25) is 0 Å². The van der Waals surface area contributed by atoms with Crippen molar-refractivity contribution in [2.75, 3.05) is 5.73 Å². The number of nitrogen functional groups attached to an aromatic ring is 1. The van der Waals surface area contributed by atoms with E-state index in [1.165, 1.54) is 5.56 Å². The molecule has 0 unspecified atom stereocenters. The second-order valence-corrected chi connectivity index (χ2v) is 5.41. The van der Waals surface area contributed by atoms with Crippen LogP contribution >= 0.6 is 15.9 Å². The van der Waals surface area contributed by atoms with E-state index in [9.17, 15) is 0 Å². The van der Waals surface area contributed by atoms with Crippen LogP contribution in [0.4, 0.5) is 5.69 Å². The number of benzene rings is 1. The lowest BCUT2D eigenvalue weighted by Gasteiger charge is -2.02. The van der Waals surface area contributed by atoms with Crippen molar-refractivity contribution in [1.82, 2.24) is 14.8 Å². The lowest BCUT2D eigenvalue weighted by Crippen LogP contribution is -2.00. The van der Waals surface area contributed by atoms with E-state index in [0.29, 0.717) is 12.2 Å². The molecule has 0 bridgehead atoms. The number of pyridine rings is 1. The molecule has 0 fully saturated rings. The van der Waals surface area contributed by atoms with Gasteiger partial charge in [0.15, 0.2) is 0 Å². The third-order valence-electron chi connectivity index (χ3n) is 2.98. The van der Waals surface area contributed by atoms with Crippen LogP contribution in [0.25, 0.3) is 11.3 Å². The van der Waals surface area contributed by atoms with Crippen molar-refractivity contribution in [1.29, 1.82) is 0 Å². The fourth-order valence-corrected chi connectivity index (χ4v) is 2.52. The van der Waals surface area contributed by atoms with Crippen LogP contribution in [0.15, 0.2) is 59.5 Å². The molecule has 0 aliphatic carbocycles. The monoisotopic (exact) mass is 328 g/mol. The van der Waals surface area contributed by atoms with Crippen molar-refractivity contribution in [3.05, 3.63) is 65.0 Å². The van der Waals surface area contributed by atoms with Gasteiger partial charge in [-0.05, 0) is 29.8 Å². The Morgan fingerprint density at radius 2 is 1.95 bits per heavy atom. The van der Waals surface area contributed by atoms with E-state index in [1.54, 1.807) is 12.4 Å². The highest BCUT2D eigenvalue weighted by molar-refractivity contribution is 9.10. The first-order valence-corrected chi connectivity index (χ1v) is 6.99. The second kappa shape index (κ2) is 5.46. The molecule has 0 saturated carbocycles. The molecule has 3 rings (SSSR count). The van der Waals surface area contributed by atoms with Crippen LogP contribution < -0.4 is 5.73 Å². The molecule has 0 aliphatic rings. The van der Waals surface area contributed by atoms with Crippen molar-refractivity contribution in [3.63, 3.8) is 0 Å². The number of anilines is 1. The van der Waals surface area contributed by atoms with Gasteiger partial charge in [-0.15, -0.1) is 0 Å². The van der Waals surface area contributed by atoms with Gasteiger partial charge in [-0.1, -0.05) is 28.1 Å². The van der Waals surface area contributed by atoms with E-state index in [1.807, 2.05) is 35.1 Å².